The second-order valence-corrected chi connectivity index (χ2v) is 6.94. The van der Waals surface area contributed by atoms with Crippen LogP contribution in [0.15, 0.2) is 47.4 Å². The van der Waals surface area contributed by atoms with Gasteiger partial charge in [0.05, 0.1) is 10.6 Å². The summed E-state index contributed by atoms with van der Waals surface area (Å²) in [6, 6.07) is 6.31. The molecule has 0 aliphatic carbocycles. The third kappa shape index (κ3) is 3.91. The molecule has 0 amide bonds. The van der Waals surface area contributed by atoms with Crippen molar-refractivity contribution in [3.8, 4) is 0 Å². The van der Waals surface area contributed by atoms with E-state index in [0.717, 1.165) is 24.3 Å². The largest absolute Gasteiger partial charge is 0.289 e. The van der Waals surface area contributed by atoms with Crippen molar-refractivity contribution in [1.82, 2.24) is 0 Å². The van der Waals surface area contributed by atoms with Crippen LogP contribution in [0, 0.1) is 21.7 Å². The van der Waals surface area contributed by atoms with Crippen LogP contribution in [0.25, 0.3) is 0 Å². The Morgan fingerprint density at radius 1 is 1.20 bits per heavy atom. The number of rotatable bonds is 6. The van der Waals surface area contributed by atoms with Crippen molar-refractivity contribution in [3.63, 3.8) is 0 Å². The van der Waals surface area contributed by atoms with Crippen molar-refractivity contribution in [2.75, 3.05) is 10.8 Å². The molecule has 2 rings (SSSR count). The number of carbonyl (C=O) groups excluding carboxylic acids is 1. The molecule has 0 bridgehead atoms. The second-order valence-electron chi connectivity index (χ2n) is 4.69. The van der Waals surface area contributed by atoms with Crippen LogP contribution in [0.4, 0.5) is 20.2 Å². The third-order valence-electron chi connectivity index (χ3n) is 3.08. The number of anilines is 1. The van der Waals surface area contributed by atoms with E-state index < -0.39 is 54.6 Å². The first-order chi connectivity index (χ1) is 11.6. The zero-order chi connectivity index (χ0) is 18.8. The Labute approximate surface area is 145 Å². The maximum atomic E-state index is 14.0. The Morgan fingerprint density at radius 3 is 2.40 bits per heavy atom. The molecule has 0 atom stereocenters. The van der Waals surface area contributed by atoms with Gasteiger partial charge in [0.2, 0.25) is 5.24 Å². The smallest absolute Gasteiger partial charge is 0.279 e. The molecular weight excluding hydrogens is 382 g/mol. The molecule has 2 aromatic rings. The topological polar surface area (TPSA) is 97.6 Å². The van der Waals surface area contributed by atoms with Crippen LogP contribution >= 0.6 is 11.6 Å². The third-order valence-corrected chi connectivity index (χ3v) is 5.00. The quantitative estimate of drug-likeness (QED) is 0.429. The summed E-state index contributed by atoms with van der Waals surface area (Å²) in [6.45, 7) is -1.00. The summed E-state index contributed by atoms with van der Waals surface area (Å²) < 4.78 is 52.9. The number of hydrogen-bond donors (Lipinski definition) is 0. The van der Waals surface area contributed by atoms with Gasteiger partial charge in [-0.3, -0.25) is 19.2 Å². The van der Waals surface area contributed by atoms with Crippen LogP contribution in [0.1, 0.15) is 0 Å². The molecule has 0 aliphatic heterocycles. The number of nitro groups is 1. The van der Waals surface area contributed by atoms with Crippen molar-refractivity contribution >= 4 is 38.2 Å². The maximum Gasteiger partial charge on any atom is 0.289 e. The molecule has 0 saturated carbocycles. The molecule has 0 aromatic heterocycles. The van der Waals surface area contributed by atoms with E-state index in [-0.39, 0.29) is 4.31 Å². The van der Waals surface area contributed by atoms with E-state index in [9.17, 15) is 32.1 Å². The minimum Gasteiger partial charge on any atom is -0.279 e. The van der Waals surface area contributed by atoms with E-state index in [1.54, 1.807) is 0 Å². The highest BCUT2D eigenvalue weighted by molar-refractivity contribution is 7.93. The summed E-state index contributed by atoms with van der Waals surface area (Å²) >= 11 is 5.23. The molecule has 0 fully saturated rings. The minimum atomic E-state index is -4.74. The molecule has 2 aromatic carbocycles. The van der Waals surface area contributed by atoms with Gasteiger partial charge in [-0.05, 0) is 29.8 Å². The van der Waals surface area contributed by atoms with Gasteiger partial charge in [-0.25, -0.2) is 17.2 Å². The summed E-state index contributed by atoms with van der Waals surface area (Å²) in [5.41, 5.74) is -1.44. The number of halogens is 3. The summed E-state index contributed by atoms with van der Waals surface area (Å²) in [5.74, 6) is -2.25. The van der Waals surface area contributed by atoms with E-state index in [1.165, 1.54) is 12.1 Å². The minimum absolute atomic E-state index is 0.249. The first kappa shape index (κ1) is 18.7. The molecule has 25 heavy (non-hydrogen) atoms. The van der Waals surface area contributed by atoms with Gasteiger partial charge >= 0.3 is 0 Å². The highest BCUT2D eigenvalue weighted by atomic mass is 35.5. The van der Waals surface area contributed by atoms with Crippen LogP contribution in [0.5, 0.6) is 0 Å². The number of para-hydroxylation sites is 1. The van der Waals surface area contributed by atoms with E-state index in [1.807, 2.05) is 0 Å². The van der Waals surface area contributed by atoms with Gasteiger partial charge in [0.1, 0.15) is 18.2 Å². The number of nitrogens with zero attached hydrogens (tertiary/aromatic N) is 2. The van der Waals surface area contributed by atoms with E-state index >= 15 is 0 Å². The number of nitro benzene ring substituents is 1. The molecule has 7 nitrogen and oxygen atoms in total. The zero-order valence-corrected chi connectivity index (χ0v) is 13.8. The lowest BCUT2D eigenvalue weighted by Crippen LogP contribution is -2.35. The molecule has 0 N–H and O–H groups in total. The van der Waals surface area contributed by atoms with Gasteiger partial charge in [0.25, 0.3) is 15.7 Å². The molecular formula is C14H9ClF2N2O5S. The lowest BCUT2D eigenvalue weighted by Gasteiger charge is -2.23. The van der Waals surface area contributed by atoms with Gasteiger partial charge in [-0.15, -0.1) is 0 Å². The Kier molecular flexibility index (Phi) is 5.33. The van der Waals surface area contributed by atoms with Crippen molar-refractivity contribution in [3.05, 3.63) is 64.2 Å². The van der Waals surface area contributed by atoms with Crippen molar-refractivity contribution in [2.24, 2.45) is 0 Å². The van der Waals surface area contributed by atoms with Crippen molar-refractivity contribution < 1.29 is 26.9 Å². The van der Waals surface area contributed by atoms with Gasteiger partial charge in [-0.2, -0.15) is 0 Å². The highest BCUT2D eigenvalue weighted by Gasteiger charge is 2.34. The second kappa shape index (κ2) is 7.11. The summed E-state index contributed by atoms with van der Waals surface area (Å²) in [6.07, 6.45) is 0. The van der Waals surface area contributed by atoms with Gasteiger partial charge in [0.15, 0.2) is 4.90 Å². The van der Waals surface area contributed by atoms with Crippen LogP contribution in [-0.4, -0.2) is 25.1 Å². The normalized spacial score (nSPS) is 11.2. The number of benzene rings is 2. The number of hydrogen-bond acceptors (Lipinski definition) is 5. The predicted octanol–water partition coefficient (Wildman–Crippen LogP) is 2.83. The van der Waals surface area contributed by atoms with E-state index in [2.05, 4.69) is 0 Å². The van der Waals surface area contributed by atoms with Crippen molar-refractivity contribution in [2.45, 2.75) is 4.90 Å². The maximum absolute atomic E-state index is 14.0. The zero-order valence-electron chi connectivity index (χ0n) is 12.2. The lowest BCUT2D eigenvalue weighted by atomic mass is 10.3. The monoisotopic (exact) mass is 390 g/mol. The first-order valence-electron chi connectivity index (χ1n) is 6.54. The molecule has 0 radical (unpaired) electrons. The molecule has 0 aliphatic rings. The standard InChI is InChI=1S/C14H9ClF2N2O5S/c15-14(20)8-18(11-6-5-9(16)7-10(11)17)25(23,24)13-4-2-1-3-12(13)19(21)22/h1-7H,8H2. The predicted molar refractivity (Wildman–Crippen MR) is 84.8 cm³/mol. The molecule has 0 heterocycles. The number of sulfonamides is 1. The van der Waals surface area contributed by atoms with E-state index in [4.69, 9.17) is 11.6 Å². The fourth-order valence-corrected chi connectivity index (χ4v) is 3.82. The van der Waals surface area contributed by atoms with Crippen LogP contribution in [0.3, 0.4) is 0 Å². The summed E-state index contributed by atoms with van der Waals surface area (Å²) in [5, 5.41) is 9.91. The SMILES string of the molecule is O=C(Cl)CN(c1ccc(F)cc1F)S(=O)(=O)c1ccccc1[N+](=O)[O-]. The van der Waals surface area contributed by atoms with Gasteiger partial charge in [0, 0.05) is 12.1 Å². The van der Waals surface area contributed by atoms with E-state index in [0.29, 0.717) is 6.07 Å². The summed E-state index contributed by atoms with van der Waals surface area (Å²) in [7, 11) is -4.74. The summed E-state index contributed by atoms with van der Waals surface area (Å²) in [4.78, 5) is 20.6. The Morgan fingerprint density at radius 2 is 1.84 bits per heavy atom. The Balaban J connectivity index is 2.69. The van der Waals surface area contributed by atoms with Crippen LogP contribution < -0.4 is 4.31 Å². The molecule has 0 saturated heterocycles. The fourth-order valence-electron chi connectivity index (χ4n) is 2.04. The molecule has 11 heteroatoms. The van der Waals surface area contributed by atoms with Gasteiger partial charge in [-0.1, -0.05) is 12.1 Å². The number of carbonyl (C=O) groups is 1. The lowest BCUT2D eigenvalue weighted by molar-refractivity contribution is -0.387. The molecule has 0 spiro atoms. The average Bonchev–Trinajstić information content (AvgIpc) is 2.53. The average molecular weight is 391 g/mol. The fraction of sp³-hybridized carbons (Fsp3) is 0.0714. The van der Waals surface area contributed by atoms with Crippen molar-refractivity contribution in [1.29, 1.82) is 0 Å². The van der Waals surface area contributed by atoms with Crippen LogP contribution in [-0.2, 0) is 14.8 Å². The van der Waals surface area contributed by atoms with Crippen LogP contribution in [0.2, 0.25) is 0 Å². The molecule has 132 valence electrons. The molecule has 0 unspecified atom stereocenters. The Hall–Kier alpha value is -2.59. The highest BCUT2D eigenvalue weighted by Crippen LogP contribution is 2.31. The first-order valence-corrected chi connectivity index (χ1v) is 8.36. The van der Waals surface area contributed by atoms with Gasteiger partial charge < -0.3 is 0 Å². The Bertz CT molecular complexity index is 952.